The first-order chi connectivity index (χ1) is 12.3. The second kappa shape index (κ2) is 5.59. The number of fused-ring (bicyclic) bond motifs is 3. The van der Waals surface area contributed by atoms with Crippen LogP contribution in [0.3, 0.4) is 0 Å². The molecule has 1 fully saturated rings. The number of nitriles is 1. The van der Waals surface area contributed by atoms with Crippen LogP contribution in [-0.4, -0.2) is 28.3 Å². The Balaban J connectivity index is 1.53. The highest BCUT2D eigenvalue weighted by molar-refractivity contribution is 5.57. The van der Waals surface area contributed by atoms with Gasteiger partial charge in [-0.25, -0.2) is 4.98 Å². The zero-order chi connectivity index (χ0) is 16.9. The summed E-state index contributed by atoms with van der Waals surface area (Å²) in [7, 11) is 0. The van der Waals surface area contributed by atoms with Crippen LogP contribution in [0.15, 0.2) is 12.3 Å². The number of aromatic nitrogens is 3. The number of aryl methyl sites for hydroxylation is 3. The zero-order valence-corrected chi connectivity index (χ0v) is 14.5. The van der Waals surface area contributed by atoms with Crippen molar-refractivity contribution in [1.29, 1.82) is 5.26 Å². The van der Waals surface area contributed by atoms with Crippen molar-refractivity contribution in [3.63, 3.8) is 0 Å². The van der Waals surface area contributed by atoms with Gasteiger partial charge in [0.1, 0.15) is 11.9 Å². The normalized spacial score (nSPS) is 24.8. The molecule has 2 aromatic rings. The molecule has 0 amide bonds. The molecule has 3 heterocycles. The number of anilines is 1. The lowest BCUT2D eigenvalue weighted by molar-refractivity contribution is 0.331. The van der Waals surface area contributed by atoms with Crippen molar-refractivity contribution in [2.24, 2.45) is 0 Å². The number of H-pyrrole nitrogens is 1. The zero-order valence-electron chi connectivity index (χ0n) is 14.5. The minimum Gasteiger partial charge on any atom is -0.355 e. The SMILES string of the molecule is N#Cc1cc2c(nc1N1CCCC3(CCc4cn[nH]c43)C1)CCCC2. The van der Waals surface area contributed by atoms with Gasteiger partial charge in [0.05, 0.1) is 11.8 Å². The topological polar surface area (TPSA) is 68.6 Å². The Hall–Kier alpha value is -2.35. The lowest BCUT2D eigenvalue weighted by Crippen LogP contribution is -2.46. The number of nitrogens with one attached hydrogen (secondary N) is 1. The van der Waals surface area contributed by atoms with Crippen LogP contribution in [-0.2, 0) is 24.7 Å². The summed E-state index contributed by atoms with van der Waals surface area (Å²) < 4.78 is 0. The molecule has 0 bridgehead atoms. The van der Waals surface area contributed by atoms with Crippen LogP contribution < -0.4 is 4.90 Å². The molecular weight excluding hydrogens is 310 g/mol. The number of hydrogen-bond donors (Lipinski definition) is 1. The van der Waals surface area contributed by atoms with Gasteiger partial charge in [-0.1, -0.05) is 0 Å². The van der Waals surface area contributed by atoms with Crippen molar-refractivity contribution in [3.8, 4) is 6.07 Å². The van der Waals surface area contributed by atoms with Crippen molar-refractivity contribution in [1.82, 2.24) is 15.2 Å². The van der Waals surface area contributed by atoms with Gasteiger partial charge >= 0.3 is 0 Å². The third-order valence-corrected chi connectivity index (χ3v) is 6.40. The molecule has 3 aliphatic rings. The summed E-state index contributed by atoms with van der Waals surface area (Å²) in [5.41, 5.74) is 6.12. The summed E-state index contributed by atoms with van der Waals surface area (Å²) >= 11 is 0. The Labute approximate surface area is 148 Å². The highest BCUT2D eigenvalue weighted by Gasteiger charge is 2.44. The molecule has 0 radical (unpaired) electrons. The molecule has 2 aliphatic carbocycles. The molecule has 1 aliphatic heterocycles. The third-order valence-electron chi connectivity index (χ3n) is 6.40. The Morgan fingerprint density at radius 3 is 2.96 bits per heavy atom. The van der Waals surface area contributed by atoms with Gasteiger partial charge in [0.25, 0.3) is 0 Å². The van der Waals surface area contributed by atoms with E-state index in [2.05, 4.69) is 27.2 Å². The summed E-state index contributed by atoms with van der Waals surface area (Å²) in [6.07, 6.45) is 11.2. The molecule has 25 heavy (non-hydrogen) atoms. The van der Waals surface area contributed by atoms with Gasteiger partial charge < -0.3 is 4.90 Å². The molecule has 0 saturated carbocycles. The van der Waals surface area contributed by atoms with E-state index in [1.165, 1.54) is 48.2 Å². The van der Waals surface area contributed by atoms with E-state index in [0.29, 0.717) is 0 Å². The number of nitrogens with zero attached hydrogens (tertiary/aromatic N) is 4. The van der Waals surface area contributed by atoms with Gasteiger partial charge in [0.15, 0.2) is 0 Å². The summed E-state index contributed by atoms with van der Waals surface area (Å²) in [6, 6.07) is 4.52. The van der Waals surface area contributed by atoms with Crippen molar-refractivity contribution in [2.45, 2.75) is 56.8 Å². The van der Waals surface area contributed by atoms with Crippen molar-refractivity contribution in [2.75, 3.05) is 18.0 Å². The van der Waals surface area contributed by atoms with Crippen LogP contribution in [0.2, 0.25) is 0 Å². The van der Waals surface area contributed by atoms with Gasteiger partial charge in [0, 0.05) is 29.9 Å². The molecule has 128 valence electrons. The van der Waals surface area contributed by atoms with E-state index in [1.54, 1.807) is 0 Å². The number of aromatic amines is 1. The van der Waals surface area contributed by atoms with Gasteiger partial charge in [-0.05, 0) is 68.6 Å². The summed E-state index contributed by atoms with van der Waals surface area (Å²) in [5.74, 6) is 0.912. The molecule has 1 atom stereocenters. The lowest BCUT2D eigenvalue weighted by Gasteiger charge is -2.41. The van der Waals surface area contributed by atoms with Crippen LogP contribution in [0.4, 0.5) is 5.82 Å². The highest BCUT2D eigenvalue weighted by atomic mass is 15.2. The maximum absolute atomic E-state index is 9.70. The van der Waals surface area contributed by atoms with E-state index >= 15 is 0 Å². The molecule has 1 N–H and O–H groups in total. The minimum atomic E-state index is 0.161. The molecule has 5 heteroatoms. The molecule has 2 aromatic heterocycles. The Morgan fingerprint density at radius 1 is 1.12 bits per heavy atom. The average Bonchev–Trinajstić information content (AvgIpc) is 3.26. The first-order valence-corrected chi connectivity index (χ1v) is 9.50. The average molecular weight is 333 g/mol. The molecule has 1 saturated heterocycles. The largest absolute Gasteiger partial charge is 0.355 e. The van der Waals surface area contributed by atoms with E-state index < -0.39 is 0 Å². The summed E-state index contributed by atoms with van der Waals surface area (Å²) in [4.78, 5) is 7.35. The monoisotopic (exact) mass is 333 g/mol. The second-order valence-electron chi connectivity index (χ2n) is 7.86. The van der Waals surface area contributed by atoms with E-state index in [-0.39, 0.29) is 5.41 Å². The molecule has 5 nitrogen and oxygen atoms in total. The maximum atomic E-state index is 9.70. The van der Waals surface area contributed by atoms with Gasteiger partial charge in [-0.2, -0.15) is 10.4 Å². The molecule has 1 unspecified atom stereocenters. The third kappa shape index (κ3) is 2.27. The van der Waals surface area contributed by atoms with Crippen molar-refractivity contribution in [3.05, 3.63) is 40.3 Å². The Kier molecular flexibility index (Phi) is 3.34. The van der Waals surface area contributed by atoms with E-state index in [9.17, 15) is 5.26 Å². The fraction of sp³-hybridized carbons (Fsp3) is 0.550. The first-order valence-electron chi connectivity index (χ1n) is 9.50. The van der Waals surface area contributed by atoms with Gasteiger partial charge in [0.2, 0.25) is 0 Å². The Bertz CT molecular complexity index is 861. The molecule has 5 rings (SSSR count). The van der Waals surface area contributed by atoms with Crippen LogP contribution in [0.25, 0.3) is 0 Å². The van der Waals surface area contributed by atoms with Gasteiger partial charge in [-0.15, -0.1) is 0 Å². The number of rotatable bonds is 1. The summed E-state index contributed by atoms with van der Waals surface area (Å²) in [5, 5.41) is 17.2. The predicted molar refractivity (Wildman–Crippen MR) is 95.6 cm³/mol. The Morgan fingerprint density at radius 2 is 2.04 bits per heavy atom. The number of piperidine rings is 1. The number of pyridine rings is 1. The summed E-state index contributed by atoms with van der Waals surface area (Å²) in [6.45, 7) is 1.94. The lowest BCUT2D eigenvalue weighted by atomic mass is 9.77. The van der Waals surface area contributed by atoms with Crippen LogP contribution in [0.1, 0.15) is 60.2 Å². The van der Waals surface area contributed by atoms with E-state index in [1.807, 2.05) is 6.20 Å². The van der Waals surface area contributed by atoms with Crippen LogP contribution in [0.5, 0.6) is 0 Å². The molecule has 1 spiro atoms. The van der Waals surface area contributed by atoms with Crippen molar-refractivity contribution < 1.29 is 0 Å². The number of hydrogen-bond acceptors (Lipinski definition) is 4. The smallest absolute Gasteiger partial charge is 0.146 e. The maximum Gasteiger partial charge on any atom is 0.146 e. The van der Waals surface area contributed by atoms with Crippen LogP contribution >= 0.6 is 0 Å². The molecular formula is C20H23N5. The second-order valence-corrected chi connectivity index (χ2v) is 7.86. The predicted octanol–water partition coefficient (Wildman–Crippen LogP) is 3.04. The highest BCUT2D eigenvalue weighted by Crippen LogP contribution is 2.45. The van der Waals surface area contributed by atoms with Gasteiger partial charge in [-0.3, -0.25) is 5.10 Å². The minimum absolute atomic E-state index is 0.161. The molecule has 0 aromatic carbocycles. The van der Waals surface area contributed by atoms with E-state index in [4.69, 9.17) is 4.98 Å². The fourth-order valence-corrected chi connectivity index (χ4v) is 5.13. The first kappa shape index (κ1) is 14.9. The van der Waals surface area contributed by atoms with Crippen LogP contribution in [0, 0.1) is 11.3 Å². The quantitative estimate of drug-likeness (QED) is 0.871. The standard InChI is InChI=1S/C20H23N5/c21-11-16-10-14-4-1-2-5-17(14)23-19(16)25-9-3-7-20(13-25)8-6-15-12-22-24-18(15)20/h10,12H,1-9,13H2,(H,22,24). The van der Waals surface area contributed by atoms with Crippen molar-refractivity contribution >= 4 is 5.82 Å². The van der Waals surface area contributed by atoms with E-state index in [0.717, 1.165) is 50.2 Å². The fourth-order valence-electron chi connectivity index (χ4n) is 5.13.